The van der Waals surface area contributed by atoms with Crippen LogP contribution in [0, 0.1) is 5.92 Å². The fourth-order valence-corrected chi connectivity index (χ4v) is 2.93. The molecule has 0 radical (unpaired) electrons. The van der Waals surface area contributed by atoms with Crippen LogP contribution in [-0.4, -0.2) is 23.2 Å². The van der Waals surface area contributed by atoms with Crippen molar-refractivity contribution in [2.24, 2.45) is 11.7 Å². The van der Waals surface area contributed by atoms with Gasteiger partial charge in [-0.25, -0.2) is 0 Å². The van der Waals surface area contributed by atoms with E-state index in [1.165, 1.54) is 6.42 Å². The molecule has 2 unspecified atom stereocenters. The van der Waals surface area contributed by atoms with Gasteiger partial charge >= 0.3 is 0 Å². The van der Waals surface area contributed by atoms with Gasteiger partial charge < -0.3 is 16.2 Å². The summed E-state index contributed by atoms with van der Waals surface area (Å²) in [6.07, 6.45) is 4.78. The van der Waals surface area contributed by atoms with Gasteiger partial charge in [0.1, 0.15) is 0 Å². The van der Waals surface area contributed by atoms with Crippen LogP contribution in [-0.2, 0) is 4.79 Å². The van der Waals surface area contributed by atoms with Crippen LogP contribution in [0.15, 0.2) is 30.3 Å². The van der Waals surface area contributed by atoms with Crippen molar-refractivity contribution in [1.82, 2.24) is 5.32 Å². The summed E-state index contributed by atoms with van der Waals surface area (Å²) < 4.78 is 0. The van der Waals surface area contributed by atoms with Crippen molar-refractivity contribution in [2.75, 3.05) is 6.54 Å². The Kier molecular flexibility index (Phi) is 5.37. The van der Waals surface area contributed by atoms with Gasteiger partial charge in [-0.1, -0.05) is 56.5 Å². The predicted octanol–water partition coefficient (Wildman–Crippen LogP) is 2.13. The molecule has 0 aliphatic heterocycles. The van der Waals surface area contributed by atoms with Crippen molar-refractivity contribution in [3.05, 3.63) is 35.9 Å². The van der Waals surface area contributed by atoms with E-state index in [4.69, 9.17) is 5.73 Å². The first kappa shape index (κ1) is 16.0. The number of benzene rings is 1. The van der Waals surface area contributed by atoms with Crippen molar-refractivity contribution < 1.29 is 9.90 Å². The molecular weight excluding hydrogens is 264 g/mol. The highest BCUT2D eigenvalue weighted by Crippen LogP contribution is 2.27. The van der Waals surface area contributed by atoms with Gasteiger partial charge in [0.15, 0.2) is 0 Å². The van der Waals surface area contributed by atoms with E-state index in [0.29, 0.717) is 6.54 Å². The smallest absolute Gasteiger partial charge is 0.224 e. The molecule has 4 N–H and O–H groups in total. The monoisotopic (exact) mass is 290 g/mol. The zero-order valence-electron chi connectivity index (χ0n) is 12.7. The topological polar surface area (TPSA) is 75.3 Å². The molecular formula is C17H26N2O2. The second kappa shape index (κ2) is 7.05. The molecule has 4 heteroatoms. The molecule has 0 saturated heterocycles. The van der Waals surface area contributed by atoms with Gasteiger partial charge in [0.25, 0.3) is 0 Å². The minimum Gasteiger partial charge on any atom is -0.388 e. The van der Waals surface area contributed by atoms with E-state index in [1.54, 1.807) is 0 Å². The minimum absolute atomic E-state index is 0.0923. The summed E-state index contributed by atoms with van der Waals surface area (Å²) in [4.78, 5) is 12.2. The third-order valence-electron chi connectivity index (χ3n) is 4.51. The van der Waals surface area contributed by atoms with E-state index >= 15 is 0 Å². The van der Waals surface area contributed by atoms with Crippen LogP contribution in [0.25, 0.3) is 0 Å². The summed E-state index contributed by atoms with van der Waals surface area (Å²) >= 11 is 0. The van der Waals surface area contributed by atoms with E-state index in [1.807, 2.05) is 37.3 Å². The third-order valence-corrected chi connectivity index (χ3v) is 4.51. The number of nitrogens with two attached hydrogens (primary N) is 1. The lowest BCUT2D eigenvalue weighted by molar-refractivity contribution is -0.126. The number of amides is 1. The molecule has 0 aromatic heterocycles. The van der Waals surface area contributed by atoms with Crippen LogP contribution < -0.4 is 11.1 Å². The number of aliphatic hydroxyl groups is 1. The van der Waals surface area contributed by atoms with Gasteiger partial charge in [0.05, 0.1) is 11.5 Å². The largest absolute Gasteiger partial charge is 0.388 e. The average Bonchev–Trinajstić information content (AvgIpc) is 2.53. The molecule has 0 heterocycles. The summed E-state index contributed by atoms with van der Waals surface area (Å²) in [5, 5.41) is 13.3. The van der Waals surface area contributed by atoms with Gasteiger partial charge in [-0.2, -0.15) is 0 Å². The highest BCUT2D eigenvalue weighted by atomic mass is 16.3. The van der Waals surface area contributed by atoms with Gasteiger partial charge in [-0.3, -0.25) is 4.79 Å². The van der Waals surface area contributed by atoms with Crippen molar-refractivity contribution in [3.8, 4) is 0 Å². The van der Waals surface area contributed by atoms with E-state index in [2.05, 4.69) is 5.32 Å². The molecule has 0 bridgehead atoms. The Bertz CT molecular complexity index is 455. The molecule has 2 rings (SSSR count). The second-order valence-corrected chi connectivity index (χ2v) is 6.23. The van der Waals surface area contributed by atoms with Crippen molar-refractivity contribution in [3.63, 3.8) is 0 Å². The number of carbonyl (C=O) groups is 1. The lowest BCUT2D eigenvalue weighted by atomic mass is 9.84. The number of rotatable bonds is 5. The second-order valence-electron chi connectivity index (χ2n) is 6.23. The van der Waals surface area contributed by atoms with Gasteiger partial charge in [-0.15, -0.1) is 0 Å². The zero-order chi connectivity index (χ0) is 15.3. The first-order chi connectivity index (χ1) is 10.0. The van der Waals surface area contributed by atoms with Crippen LogP contribution in [0.1, 0.15) is 50.6 Å². The standard InChI is InChI=1S/C17H26N2O2/c1-13(15(18)14-8-4-2-5-9-14)16(20)19-12-17(21)10-6-3-7-11-17/h2,4-5,8-9,13,15,21H,3,6-7,10-12,18H2,1H3,(H,19,20). The maximum atomic E-state index is 12.2. The maximum Gasteiger partial charge on any atom is 0.224 e. The van der Waals surface area contributed by atoms with Crippen LogP contribution in [0.4, 0.5) is 0 Å². The molecule has 1 aromatic rings. The SMILES string of the molecule is CC(C(=O)NCC1(O)CCCCC1)C(N)c1ccccc1. The Hall–Kier alpha value is -1.39. The lowest BCUT2D eigenvalue weighted by Crippen LogP contribution is -2.46. The Labute approximate surface area is 126 Å². The summed E-state index contributed by atoms with van der Waals surface area (Å²) in [6, 6.07) is 9.31. The summed E-state index contributed by atoms with van der Waals surface area (Å²) in [6.45, 7) is 2.16. The first-order valence-corrected chi connectivity index (χ1v) is 7.82. The van der Waals surface area contributed by atoms with Crippen LogP contribution in [0.3, 0.4) is 0 Å². The maximum absolute atomic E-state index is 12.2. The quantitative estimate of drug-likeness (QED) is 0.777. The molecule has 1 aromatic carbocycles. The highest BCUT2D eigenvalue weighted by molar-refractivity contribution is 5.79. The third kappa shape index (κ3) is 4.29. The highest BCUT2D eigenvalue weighted by Gasteiger charge is 2.31. The molecule has 1 aliphatic carbocycles. The average molecular weight is 290 g/mol. The zero-order valence-corrected chi connectivity index (χ0v) is 12.7. The number of carbonyl (C=O) groups excluding carboxylic acids is 1. The predicted molar refractivity (Wildman–Crippen MR) is 83.6 cm³/mol. The molecule has 116 valence electrons. The minimum atomic E-state index is -0.732. The van der Waals surface area contributed by atoms with Gasteiger partial charge in [0, 0.05) is 12.6 Å². The van der Waals surface area contributed by atoms with E-state index in [-0.39, 0.29) is 17.9 Å². The Morgan fingerprint density at radius 2 is 1.90 bits per heavy atom. The Morgan fingerprint density at radius 3 is 2.52 bits per heavy atom. The molecule has 4 nitrogen and oxygen atoms in total. The van der Waals surface area contributed by atoms with Crippen molar-refractivity contribution in [1.29, 1.82) is 0 Å². The van der Waals surface area contributed by atoms with E-state index < -0.39 is 5.60 Å². The molecule has 1 saturated carbocycles. The number of hydrogen-bond donors (Lipinski definition) is 3. The Balaban J connectivity index is 1.87. The Morgan fingerprint density at radius 1 is 1.29 bits per heavy atom. The van der Waals surface area contributed by atoms with Crippen molar-refractivity contribution >= 4 is 5.91 Å². The normalized spacial score (nSPS) is 20.5. The van der Waals surface area contributed by atoms with Crippen LogP contribution in [0.2, 0.25) is 0 Å². The summed E-state index contributed by atoms with van der Waals surface area (Å²) in [5.41, 5.74) is 6.38. The number of hydrogen-bond acceptors (Lipinski definition) is 3. The molecule has 1 aliphatic rings. The lowest BCUT2D eigenvalue weighted by Gasteiger charge is -2.32. The van der Waals surface area contributed by atoms with Gasteiger partial charge in [-0.05, 0) is 18.4 Å². The fraction of sp³-hybridized carbons (Fsp3) is 0.588. The molecule has 1 amide bonds. The number of nitrogens with one attached hydrogen (secondary N) is 1. The van der Waals surface area contributed by atoms with E-state index in [9.17, 15) is 9.90 Å². The van der Waals surface area contributed by atoms with Crippen LogP contribution >= 0.6 is 0 Å². The van der Waals surface area contributed by atoms with Gasteiger partial charge in [0.2, 0.25) is 5.91 Å². The summed E-state index contributed by atoms with van der Waals surface area (Å²) in [7, 11) is 0. The molecule has 1 fully saturated rings. The van der Waals surface area contributed by atoms with Crippen LogP contribution in [0.5, 0.6) is 0 Å². The summed E-state index contributed by atoms with van der Waals surface area (Å²) in [5.74, 6) is -0.412. The molecule has 21 heavy (non-hydrogen) atoms. The first-order valence-electron chi connectivity index (χ1n) is 7.82. The van der Waals surface area contributed by atoms with E-state index in [0.717, 1.165) is 31.2 Å². The van der Waals surface area contributed by atoms with Crippen molar-refractivity contribution in [2.45, 2.75) is 50.7 Å². The molecule has 0 spiro atoms. The molecule has 2 atom stereocenters. The fourth-order valence-electron chi connectivity index (χ4n) is 2.93.